The van der Waals surface area contributed by atoms with Gasteiger partial charge in [-0.1, -0.05) is 28.9 Å². The van der Waals surface area contributed by atoms with E-state index in [1.54, 1.807) is 11.0 Å². The Bertz CT molecular complexity index is 458. The van der Waals surface area contributed by atoms with Crippen LogP contribution >= 0.6 is 15.9 Å². The van der Waals surface area contributed by atoms with Gasteiger partial charge in [0.2, 0.25) is 0 Å². The second kappa shape index (κ2) is 5.00. The van der Waals surface area contributed by atoms with Crippen molar-refractivity contribution in [3.63, 3.8) is 0 Å². The standard InChI is InChI=1S/C13H14BrNO2/c1-9-8-15(6-5-12(9)16)13(17)10-3-2-4-11(14)7-10/h2-4,7,9H,5-6,8H2,1H3. The third-order valence-electron chi connectivity index (χ3n) is 3.03. The van der Waals surface area contributed by atoms with E-state index in [9.17, 15) is 9.59 Å². The largest absolute Gasteiger partial charge is 0.337 e. The molecule has 4 heteroatoms. The Hall–Kier alpha value is -1.16. The van der Waals surface area contributed by atoms with E-state index < -0.39 is 0 Å². The lowest BCUT2D eigenvalue weighted by atomic mass is 9.98. The Morgan fingerprint density at radius 1 is 1.47 bits per heavy atom. The van der Waals surface area contributed by atoms with Gasteiger partial charge >= 0.3 is 0 Å². The smallest absolute Gasteiger partial charge is 0.253 e. The van der Waals surface area contributed by atoms with Crippen LogP contribution in [-0.2, 0) is 4.79 Å². The molecular weight excluding hydrogens is 282 g/mol. The predicted molar refractivity (Wildman–Crippen MR) is 68.8 cm³/mol. The average Bonchev–Trinajstić information content (AvgIpc) is 2.32. The van der Waals surface area contributed by atoms with Crippen molar-refractivity contribution in [2.24, 2.45) is 5.92 Å². The Morgan fingerprint density at radius 2 is 2.24 bits per heavy atom. The molecule has 1 saturated heterocycles. The molecule has 0 saturated carbocycles. The number of benzene rings is 1. The molecule has 0 aromatic heterocycles. The zero-order chi connectivity index (χ0) is 12.4. The summed E-state index contributed by atoms with van der Waals surface area (Å²) in [5, 5.41) is 0. The molecule has 1 amide bonds. The predicted octanol–water partition coefficient (Wildman–Crippen LogP) is 2.50. The molecule has 0 radical (unpaired) electrons. The van der Waals surface area contributed by atoms with Crippen LogP contribution in [-0.4, -0.2) is 29.7 Å². The third-order valence-corrected chi connectivity index (χ3v) is 3.52. The molecule has 90 valence electrons. The first-order valence-electron chi connectivity index (χ1n) is 5.65. The molecule has 17 heavy (non-hydrogen) atoms. The number of nitrogens with zero attached hydrogens (tertiary/aromatic N) is 1. The summed E-state index contributed by atoms with van der Waals surface area (Å²) in [6.07, 6.45) is 0.473. The van der Waals surface area contributed by atoms with Gasteiger partial charge in [0.05, 0.1) is 0 Å². The van der Waals surface area contributed by atoms with Gasteiger partial charge in [-0.25, -0.2) is 0 Å². The van der Waals surface area contributed by atoms with Gasteiger partial charge < -0.3 is 4.90 Å². The first kappa shape index (κ1) is 12.3. The third kappa shape index (κ3) is 2.75. The Balaban J connectivity index is 2.13. The minimum absolute atomic E-state index is 0.00523. The number of hydrogen-bond donors (Lipinski definition) is 0. The second-order valence-electron chi connectivity index (χ2n) is 4.38. The maximum Gasteiger partial charge on any atom is 0.253 e. The van der Waals surface area contributed by atoms with Gasteiger partial charge in [0.25, 0.3) is 5.91 Å². The van der Waals surface area contributed by atoms with Crippen molar-refractivity contribution in [3.05, 3.63) is 34.3 Å². The number of carbonyl (C=O) groups is 2. The van der Waals surface area contributed by atoms with Crippen LogP contribution < -0.4 is 0 Å². The van der Waals surface area contributed by atoms with E-state index in [2.05, 4.69) is 15.9 Å². The van der Waals surface area contributed by atoms with E-state index >= 15 is 0 Å². The lowest BCUT2D eigenvalue weighted by Gasteiger charge is -2.30. The molecule has 1 aliphatic rings. The van der Waals surface area contributed by atoms with Gasteiger partial charge in [-0.05, 0) is 18.2 Å². The number of carbonyl (C=O) groups excluding carboxylic acids is 2. The molecule has 0 aliphatic carbocycles. The highest BCUT2D eigenvalue weighted by atomic mass is 79.9. The van der Waals surface area contributed by atoms with Crippen molar-refractivity contribution in [2.75, 3.05) is 13.1 Å². The molecule has 1 aromatic carbocycles. The summed E-state index contributed by atoms with van der Waals surface area (Å²) in [7, 11) is 0. The summed E-state index contributed by atoms with van der Waals surface area (Å²) < 4.78 is 0.893. The number of likely N-dealkylation sites (tertiary alicyclic amines) is 1. The van der Waals surface area contributed by atoms with Crippen LogP contribution in [0.15, 0.2) is 28.7 Å². The maximum atomic E-state index is 12.2. The Morgan fingerprint density at radius 3 is 2.88 bits per heavy atom. The molecule has 1 aromatic rings. The van der Waals surface area contributed by atoms with Crippen LogP contribution in [0.25, 0.3) is 0 Å². The number of piperidine rings is 1. The summed E-state index contributed by atoms with van der Waals surface area (Å²) in [5.41, 5.74) is 0.668. The normalized spacial score (nSPS) is 20.5. The van der Waals surface area contributed by atoms with E-state index in [1.165, 1.54) is 0 Å². The van der Waals surface area contributed by atoms with Gasteiger partial charge in [-0.2, -0.15) is 0 Å². The fourth-order valence-electron chi connectivity index (χ4n) is 2.00. The minimum Gasteiger partial charge on any atom is -0.337 e. The van der Waals surface area contributed by atoms with Gasteiger partial charge in [-0.15, -0.1) is 0 Å². The van der Waals surface area contributed by atoms with Crippen LogP contribution in [0.5, 0.6) is 0 Å². The monoisotopic (exact) mass is 295 g/mol. The lowest BCUT2D eigenvalue weighted by molar-refractivity contribution is -0.124. The van der Waals surface area contributed by atoms with Crippen LogP contribution in [0, 0.1) is 5.92 Å². The summed E-state index contributed by atoms with van der Waals surface area (Å²) in [4.78, 5) is 25.4. The first-order valence-corrected chi connectivity index (χ1v) is 6.45. The highest BCUT2D eigenvalue weighted by Crippen LogP contribution is 2.17. The van der Waals surface area contributed by atoms with Crippen molar-refractivity contribution in [1.29, 1.82) is 0 Å². The van der Waals surface area contributed by atoms with Crippen LogP contribution in [0.2, 0.25) is 0 Å². The van der Waals surface area contributed by atoms with E-state index in [1.807, 2.05) is 25.1 Å². The molecule has 1 atom stereocenters. The quantitative estimate of drug-likeness (QED) is 0.798. The Kier molecular flexibility index (Phi) is 3.62. The molecule has 0 spiro atoms. The number of halogens is 1. The lowest BCUT2D eigenvalue weighted by Crippen LogP contribution is -2.43. The minimum atomic E-state index is -0.0418. The van der Waals surface area contributed by atoms with E-state index in [4.69, 9.17) is 0 Å². The number of rotatable bonds is 1. The first-order chi connectivity index (χ1) is 8.08. The highest BCUT2D eigenvalue weighted by molar-refractivity contribution is 9.10. The van der Waals surface area contributed by atoms with Gasteiger partial charge in [0.1, 0.15) is 5.78 Å². The zero-order valence-corrected chi connectivity index (χ0v) is 11.2. The van der Waals surface area contributed by atoms with Gasteiger partial charge in [0, 0.05) is 35.5 Å². The summed E-state index contributed by atoms with van der Waals surface area (Å²) >= 11 is 3.35. The number of ketones is 1. The van der Waals surface area contributed by atoms with Crippen LogP contribution in [0.1, 0.15) is 23.7 Å². The van der Waals surface area contributed by atoms with Crippen molar-refractivity contribution >= 4 is 27.6 Å². The topological polar surface area (TPSA) is 37.4 Å². The molecular formula is C13H14BrNO2. The molecule has 1 unspecified atom stereocenters. The van der Waals surface area contributed by atoms with E-state index in [-0.39, 0.29) is 17.6 Å². The fraction of sp³-hybridized carbons (Fsp3) is 0.385. The van der Waals surface area contributed by atoms with Crippen molar-refractivity contribution in [2.45, 2.75) is 13.3 Å². The summed E-state index contributed by atoms with van der Waals surface area (Å²) in [5.74, 6) is 0.216. The molecule has 2 rings (SSSR count). The average molecular weight is 296 g/mol. The zero-order valence-electron chi connectivity index (χ0n) is 9.65. The molecule has 1 aliphatic heterocycles. The van der Waals surface area contributed by atoms with Gasteiger partial charge in [-0.3, -0.25) is 9.59 Å². The van der Waals surface area contributed by atoms with Crippen molar-refractivity contribution in [3.8, 4) is 0 Å². The highest BCUT2D eigenvalue weighted by Gasteiger charge is 2.27. The molecule has 1 heterocycles. The number of Topliss-reactive ketones (excluding diaryl/α,β-unsaturated/α-hetero) is 1. The van der Waals surface area contributed by atoms with Crippen molar-refractivity contribution in [1.82, 2.24) is 4.90 Å². The fourth-order valence-corrected chi connectivity index (χ4v) is 2.40. The molecule has 0 N–H and O–H groups in total. The van der Waals surface area contributed by atoms with Gasteiger partial charge in [0.15, 0.2) is 0 Å². The molecule has 0 bridgehead atoms. The summed E-state index contributed by atoms with van der Waals surface area (Å²) in [6, 6.07) is 7.34. The Labute approximate surface area is 109 Å². The van der Waals surface area contributed by atoms with Crippen LogP contribution in [0.3, 0.4) is 0 Å². The second-order valence-corrected chi connectivity index (χ2v) is 5.29. The summed E-state index contributed by atoms with van der Waals surface area (Å²) in [6.45, 7) is 2.95. The van der Waals surface area contributed by atoms with Crippen LogP contribution in [0.4, 0.5) is 0 Å². The van der Waals surface area contributed by atoms with Crippen molar-refractivity contribution < 1.29 is 9.59 Å². The molecule has 3 nitrogen and oxygen atoms in total. The maximum absolute atomic E-state index is 12.2. The number of hydrogen-bond acceptors (Lipinski definition) is 2. The van der Waals surface area contributed by atoms with E-state index in [0.717, 1.165) is 4.47 Å². The molecule has 1 fully saturated rings. The van der Waals surface area contributed by atoms with E-state index in [0.29, 0.717) is 25.1 Å². The SMILES string of the molecule is CC1CN(C(=O)c2cccc(Br)c2)CCC1=O. The number of amides is 1.